The second kappa shape index (κ2) is 5.06. The van der Waals surface area contributed by atoms with E-state index in [0.29, 0.717) is 5.56 Å². The van der Waals surface area contributed by atoms with Crippen LogP contribution in [0.1, 0.15) is 17.2 Å². The summed E-state index contributed by atoms with van der Waals surface area (Å²) in [7, 11) is 0. The molecule has 1 unspecified atom stereocenters. The SMILES string of the molecule is Cc1ccc(C(C[N+](=O)[O-])O[N+](=O)[O-])cc1. The van der Waals surface area contributed by atoms with Crippen LogP contribution in [0.15, 0.2) is 24.3 Å². The summed E-state index contributed by atoms with van der Waals surface area (Å²) >= 11 is 0. The number of nitrogens with zero attached hydrogens (tertiary/aromatic N) is 2. The fourth-order valence-corrected chi connectivity index (χ4v) is 1.22. The fourth-order valence-electron chi connectivity index (χ4n) is 1.22. The molecule has 0 aliphatic heterocycles. The molecule has 0 radical (unpaired) electrons. The Labute approximate surface area is 90.9 Å². The lowest BCUT2D eigenvalue weighted by Crippen LogP contribution is -2.18. The summed E-state index contributed by atoms with van der Waals surface area (Å²) in [5.74, 6) is 0. The normalized spacial score (nSPS) is 11.8. The molecule has 1 aromatic rings. The highest BCUT2D eigenvalue weighted by Crippen LogP contribution is 2.18. The zero-order chi connectivity index (χ0) is 12.1. The molecular weight excluding hydrogens is 216 g/mol. The van der Waals surface area contributed by atoms with E-state index in [9.17, 15) is 20.2 Å². The molecule has 0 bridgehead atoms. The van der Waals surface area contributed by atoms with Crippen LogP contribution in [-0.4, -0.2) is 16.6 Å². The van der Waals surface area contributed by atoms with E-state index in [1.54, 1.807) is 24.3 Å². The molecule has 0 aliphatic rings. The lowest BCUT2D eigenvalue weighted by Gasteiger charge is -2.10. The van der Waals surface area contributed by atoms with Gasteiger partial charge in [0.05, 0.1) is 0 Å². The van der Waals surface area contributed by atoms with Gasteiger partial charge in [-0.25, -0.2) is 0 Å². The van der Waals surface area contributed by atoms with Crippen LogP contribution < -0.4 is 0 Å². The highest BCUT2D eigenvalue weighted by Gasteiger charge is 2.21. The smallest absolute Gasteiger partial charge is 0.295 e. The third-order valence-electron chi connectivity index (χ3n) is 1.98. The molecule has 7 heteroatoms. The summed E-state index contributed by atoms with van der Waals surface area (Å²) in [6.07, 6.45) is -1.16. The van der Waals surface area contributed by atoms with Gasteiger partial charge in [-0.3, -0.25) is 15.0 Å². The molecule has 16 heavy (non-hydrogen) atoms. The van der Waals surface area contributed by atoms with Gasteiger partial charge < -0.3 is 0 Å². The highest BCUT2D eigenvalue weighted by atomic mass is 17.0. The van der Waals surface area contributed by atoms with Crippen LogP contribution in [0, 0.1) is 27.2 Å². The van der Waals surface area contributed by atoms with E-state index in [0.717, 1.165) is 5.56 Å². The third-order valence-corrected chi connectivity index (χ3v) is 1.98. The molecule has 0 spiro atoms. The van der Waals surface area contributed by atoms with Crippen molar-refractivity contribution in [2.45, 2.75) is 13.0 Å². The molecule has 0 saturated carbocycles. The maximum Gasteiger partial charge on any atom is 0.295 e. The second-order valence-electron chi connectivity index (χ2n) is 3.24. The van der Waals surface area contributed by atoms with Crippen molar-refractivity contribution in [3.05, 3.63) is 55.6 Å². The number of nitro groups is 1. The van der Waals surface area contributed by atoms with Crippen molar-refractivity contribution in [3.8, 4) is 0 Å². The minimum absolute atomic E-state index is 0.416. The first-order chi connectivity index (χ1) is 7.49. The van der Waals surface area contributed by atoms with Gasteiger partial charge in [0.1, 0.15) is 0 Å². The summed E-state index contributed by atoms with van der Waals surface area (Å²) in [4.78, 5) is 24.1. The largest absolute Gasteiger partial charge is 0.299 e. The van der Waals surface area contributed by atoms with Crippen molar-refractivity contribution in [1.82, 2.24) is 0 Å². The Bertz CT molecular complexity index is 373. The summed E-state index contributed by atoms with van der Waals surface area (Å²) in [6, 6.07) is 6.58. The first-order valence-corrected chi connectivity index (χ1v) is 4.48. The number of benzene rings is 1. The maximum absolute atomic E-state index is 10.3. The molecular formula is C9H10N2O5. The summed E-state index contributed by atoms with van der Waals surface area (Å²) < 4.78 is 0. The number of rotatable bonds is 5. The summed E-state index contributed by atoms with van der Waals surface area (Å²) in [5, 5.41) is 19.5. The Balaban J connectivity index is 2.86. The Hall–Kier alpha value is -2.18. The van der Waals surface area contributed by atoms with E-state index in [-0.39, 0.29) is 0 Å². The molecule has 0 fully saturated rings. The van der Waals surface area contributed by atoms with E-state index in [2.05, 4.69) is 4.84 Å². The highest BCUT2D eigenvalue weighted by molar-refractivity contribution is 5.23. The summed E-state index contributed by atoms with van der Waals surface area (Å²) in [6.45, 7) is 1.21. The Morgan fingerprint density at radius 2 is 1.81 bits per heavy atom. The van der Waals surface area contributed by atoms with E-state index in [1.165, 1.54) is 0 Å². The van der Waals surface area contributed by atoms with Crippen LogP contribution in [0.5, 0.6) is 0 Å². The van der Waals surface area contributed by atoms with E-state index >= 15 is 0 Å². The molecule has 0 amide bonds. The van der Waals surface area contributed by atoms with Crippen LogP contribution in [0.4, 0.5) is 0 Å². The maximum atomic E-state index is 10.3. The van der Waals surface area contributed by atoms with Crippen molar-refractivity contribution in [1.29, 1.82) is 0 Å². The van der Waals surface area contributed by atoms with Crippen LogP contribution in [0.25, 0.3) is 0 Å². The fraction of sp³-hybridized carbons (Fsp3) is 0.333. The van der Waals surface area contributed by atoms with Crippen LogP contribution in [0.3, 0.4) is 0 Å². The van der Waals surface area contributed by atoms with Gasteiger partial charge >= 0.3 is 0 Å². The first kappa shape index (κ1) is 11.9. The van der Waals surface area contributed by atoms with Gasteiger partial charge in [0.2, 0.25) is 6.54 Å². The third kappa shape index (κ3) is 3.52. The van der Waals surface area contributed by atoms with Crippen molar-refractivity contribution in [2.75, 3.05) is 6.54 Å². The van der Waals surface area contributed by atoms with Gasteiger partial charge in [0.15, 0.2) is 6.10 Å². The quantitative estimate of drug-likeness (QED) is 0.560. The zero-order valence-electron chi connectivity index (χ0n) is 8.53. The number of hydrogen-bond acceptors (Lipinski definition) is 5. The molecule has 1 atom stereocenters. The summed E-state index contributed by atoms with van der Waals surface area (Å²) in [5.41, 5.74) is 1.38. The van der Waals surface area contributed by atoms with Crippen molar-refractivity contribution >= 4 is 0 Å². The molecule has 1 rings (SSSR count). The molecule has 7 nitrogen and oxygen atoms in total. The van der Waals surface area contributed by atoms with Crippen LogP contribution in [0.2, 0.25) is 0 Å². The van der Waals surface area contributed by atoms with Crippen molar-refractivity contribution in [3.63, 3.8) is 0 Å². The van der Waals surface area contributed by atoms with Gasteiger partial charge in [-0.2, -0.15) is 0 Å². The number of hydrogen-bond donors (Lipinski definition) is 0. The van der Waals surface area contributed by atoms with E-state index < -0.39 is 22.7 Å². The lowest BCUT2D eigenvalue weighted by molar-refractivity contribution is -0.777. The predicted molar refractivity (Wildman–Crippen MR) is 53.9 cm³/mol. The molecule has 0 aliphatic carbocycles. The molecule has 1 aromatic carbocycles. The Morgan fingerprint density at radius 3 is 2.25 bits per heavy atom. The molecule has 0 aromatic heterocycles. The lowest BCUT2D eigenvalue weighted by atomic mass is 10.1. The minimum Gasteiger partial charge on any atom is -0.299 e. The van der Waals surface area contributed by atoms with E-state index in [4.69, 9.17) is 0 Å². The topological polar surface area (TPSA) is 95.5 Å². The van der Waals surface area contributed by atoms with Gasteiger partial charge in [0, 0.05) is 4.92 Å². The monoisotopic (exact) mass is 226 g/mol. The van der Waals surface area contributed by atoms with Gasteiger partial charge in [0.25, 0.3) is 5.09 Å². The standard InChI is InChI=1S/C9H10N2O5/c1-7-2-4-8(5-3-7)9(6-10(12)13)16-11(14)15/h2-5,9H,6H2,1H3. The predicted octanol–water partition coefficient (Wildman–Crippen LogP) is 1.52. The first-order valence-electron chi connectivity index (χ1n) is 4.48. The zero-order valence-corrected chi connectivity index (χ0v) is 8.53. The van der Waals surface area contributed by atoms with Crippen molar-refractivity contribution in [2.24, 2.45) is 0 Å². The molecule has 0 heterocycles. The van der Waals surface area contributed by atoms with E-state index in [1.807, 2.05) is 6.92 Å². The second-order valence-corrected chi connectivity index (χ2v) is 3.24. The van der Waals surface area contributed by atoms with Crippen molar-refractivity contribution < 1.29 is 14.8 Å². The van der Waals surface area contributed by atoms with Gasteiger partial charge in [-0.05, 0) is 12.5 Å². The molecule has 86 valence electrons. The number of aryl methyl sites for hydroxylation is 1. The average molecular weight is 226 g/mol. The molecule has 0 saturated heterocycles. The minimum atomic E-state index is -1.16. The van der Waals surface area contributed by atoms with Crippen LogP contribution >= 0.6 is 0 Å². The Kier molecular flexibility index (Phi) is 3.76. The van der Waals surface area contributed by atoms with Gasteiger partial charge in [-0.15, -0.1) is 10.1 Å². The van der Waals surface area contributed by atoms with Crippen LogP contribution in [-0.2, 0) is 4.84 Å². The molecule has 0 N–H and O–H groups in total. The van der Waals surface area contributed by atoms with Gasteiger partial charge in [-0.1, -0.05) is 29.8 Å². The Morgan fingerprint density at radius 1 is 1.25 bits per heavy atom. The average Bonchev–Trinajstić information content (AvgIpc) is 2.16.